The molecule has 30 heavy (non-hydrogen) atoms. The van der Waals surface area contributed by atoms with E-state index in [1.807, 2.05) is 0 Å². The maximum Gasteiger partial charge on any atom is 0.416 e. The van der Waals surface area contributed by atoms with Gasteiger partial charge in [0.25, 0.3) is 11.5 Å². The van der Waals surface area contributed by atoms with Crippen LogP contribution in [-0.4, -0.2) is 28.4 Å². The quantitative estimate of drug-likeness (QED) is 0.599. The molecule has 0 aliphatic heterocycles. The highest BCUT2D eigenvalue weighted by Gasteiger charge is 2.30. The van der Waals surface area contributed by atoms with Gasteiger partial charge in [0, 0.05) is 12.1 Å². The summed E-state index contributed by atoms with van der Waals surface area (Å²) in [6.45, 7) is -0.393. The van der Waals surface area contributed by atoms with E-state index in [-0.39, 0.29) is 35.6 Å². The molecule has 3 aromatic rings. The van der Waals surface area contributed by atoms with Crippen LogP contribution in [0.2, 0.25) is 0 Å². The maximum absolute atomic E-state index is 12.8. The fraction of sp³-hybridized carbons (Fsp3) is 0.200. The Balaban J connectivity index is 1.57. The number of carbonyl (C=O) groups excluding carboxylic acids is 2. The lowest BCUT2D eigenvalue weighted by molar-refractivity contribution is -0.145. The number of H-pyrrole nitrogens is 1. The van der Waals surface area contributed by atoms with E-state index < -0.39 is 29.9 Å². The Morgan fingerprint density at radius 1 is 1.10 bits per heavy atom. The first-order valence-corrected chi connectivity index (χ1v) is 8.83. The first kappa shape index (κ1) is 21.0. The van der Waals surface area contributed by atoms with Gasteiger partial charge < -0.3 is 15.0 Å². The molecule has 0 fully saturated rings. The van der Waals surface area contributed by atoms with Gasteiger partial charge in [-0.25, -0.2) is 4.98 Å². The van der Waals surface area contributed by atoms with Crippen molar-refractivity contribution >= 4 is 22.8 Å². The van der Waals surface area contributed by atoms with E-state index in [4.69, 9.17) is 4.74 Å². The third kappa shape index (κ3) is 5.22. The van der Waals surface area contributed by atoms with E-state index in [1.165, 1.54) is 0 Å². The average Bonchev–Trinajstić information content (AvgIpc) is 2.72. The Hall–Kier alpha value is -3.69. The fourth-order valence-electron chi connectivity index (χ4n) is 2.62. The van der Waals surface area contributed by atoms with E-state index in [9.17, 15) is 27.6 Å². The number of nitrogens with one attached hydrogen (secondary N) is 2. The van der Waals surface area contributed by atoms with Crippen molar-refractivity contribution in [3.8, 4) is 0 Å². The second-order valence-corrected chi connectivity index (χ2v) is 6.27. The maximum atomic E-state index is 12.8. The number of fused-ring (bicyclic) bond motifs is 1. The number of nitrogens with zero attached hydrogens (tertiary/aromatic N) is 1. The minimum atomic E-state index is -4.57. The summed E-state index contributed by atoms with van der Waals surface area (Å²) in [5.41, 5.74) is -1.29. The van der Waals surface area contributed by atoms with Crippen LogP contribution in [0.5, 0.6) is 0 Å². The van der Waals surface area contributed by atoms with Gasteiger partial charge in [0.2, 0.25) is 0 Å². The molecular weight excluding hydrogens is 403 g/mol. The molecule has 0 spiro atoms. The second-order valence-electron chi connectivity index (χ2n) is 6.27. The number of aromatic amines is 1. The number of carbonyl (C=O) groups is 2. The van der Waals surface area contributed by atoms with Crippen molar-refractivity contribution in [1.29, 1.82) is 0 Å². The lowest BCUT2D eigenvalue weighted by Crippen LogP contribution is -2.26. The predicted octanol–water partition coefficient (Wildman–Crippen LogP) is 2.81. The number of aromatic nitrogens is 2. The summed E-state index contributed by atoms with van der Waals surface area (Å²) in [6.07, 6.45) is -4.70. The topological polar surface area (TPSA) is 101 Å². The molecule has 3 rings (SSSR count). The van der Waals surface area contributed by atoms with Gasteiger partial charge in [0.05, 0.1) is 22.9 Å². The van der Waals surface area contributed by atoms with Gasteiger partial charge in [-0.3, -0.25) is 14.4 Å². The highest BCUT2D eigenvalue weighted by atomic mass is 19.4. The third-order valence-electron chi connectivity index (χ3n) is 4.10. The summed E-state index contributed by atoms with van der Waals surface area (Å²) in [6, 6.07) is 11.0. The van der Waals surface area contributed by atoms with Crippen LogP contribution in [0.25, 0.3) is 10.9 Å². The summed E-state index contributed by atoms with van der Waals surface area (Å²) in [5.74, 6) is -1.10. The first-order valence-electron chi connectivity index (χ1n) is 8.83. The molecule has 0 aliphatic carbocycles. The molecule has 0 unspecified atom stereocenters. The summed E-state index contributed by atoms with van der Waals surface area (Å²) in [4.78, 5) is 42.0. The van der Waals surface area contributed by atoms with Gasteiger partial charge in [0.15, 0.2) is 0 Å². The Morgan fingerprint density at radius 3 is 2.53 bits per heavy atom. The van der Waals surface area contributed by atoms with Crippen molar-refractivity contribution in [2.45, 2.75) is 19.2 Å². The molecule has 2 N–H and O–H groups in total. The molecule has 7 nitrogen and oxygen atoms in total. The number of hydrogen-bond acceptors (Lipinski definition) is 5. The Kier molecular flexibility index (Phi) is 6.14. The minimum absolute atomic E-state index is 0.0123. The summed E-state index contributed by atoms with van der Waals surface area (Å²) in [5, 5.41) is 2.55. The average molecular weight is 419 g/mol. The number of hydrogen-bond donors (Lipinski definition) is 2. The zero-order valence-electron chi connectivity index (χ0n) is 15.5. The zero-order chi connectivity index (χ0) is 21.7. The van der Waals surface area contributed by atoms with Crippen LogP contribution in [0.4, 0.5) is 13.2 Å². The van der Waals surface area contributed by atoms with Crippen molar-refractivity contribution in [1.82, 2.24) is 15.3 Å². The molecule has 10 heteroatoms. The molecule has 156 valence electrons. The Labute approximate surface area is 167 Å². The lowest BCUT2D eigenvalue weighted by Gasteiger charge is -2.09. The van der Waals surface area contributed by atoms with Crippen LogP contribution in [-0.2, 0) is 22.3 Å². The van der Waals surface area contributed by atoms with Gasteiger partial charge in [-0.2, -0.15) is 13.2 Å². The summed E-state index contributed by atoms with van der Waals surface area (Å²) < 4.78 is 43.5. The summed E-state index contributed by atoms with van der Waals surface area (Å²) >= 11 is 0. The predicted molar refractivity (Wildman–Crippen MR) is 101 cm³/mol. The number of ether oxygens (including phenoxy) is 1. The first-order chi connectivity index (χ1) is 14.2. The molecule has 0 radical (unpaired) electrons. The highest BCUT2D eigenvalue weighted by Crippen LogP contribution is 2.30. The number of halogens is 3. The number of benzene rings is 2. The van der Waals surface area contributed by atoms with Gasteiger partial charge in [0.1, 0.15) is 12.4 Å². The SMILES string of the molecule is O=C(CCNC(=O)c1ccccc1)OCc1nc2cc(C(F)(F)F)ccc2c(=O)[nH]1. The molecule has 0 atom stereocenters. The molecule has 0 saturated carbocycles. The van der Waals surface area contributed by atoms with Gasteiger partial charge in [-0.1, -0.05) is 18.2 Å². The fourth-order valence-corrected chi connectivity index (χ4v) is 2.62. The highest BCUT2D eigenvalue weighted by molar-refractivity contribution is 5.94. The standard InChI is InChI=1S/C20H16F3N3O4/c21-20(22,23)13-6-7-14-15(10-13)25-16(26-19(14)29)11-30-17(27)8-9-24-18(28)12-4-2-1-3-5-12/h1-7,10H,8-9,11H2,(H,24,28)(H,25,26,29). The molecule has 2 aromatic carbocycles. The van der Waals surface area contributed by atoms with Crippen LogP contribution in [0.1, 0.15) is 28.2 Å². The van der Waals surface area contributed by atoms with Crippen molar-refractivity contribution in [2.24, 2.45) is 0 Å². The summed E-state index contributed by atoms with van der Waals surface area (Å²) in [7, 11) is 0. The Bertz CT molecular complexity index is 1130. The smallest absolute Gasteiger partial charge is 0.416 e. The monoisotopic (exact) mass is 419 g/mol. The number of alkyl halides is 3. The van der Waals surface area contributed by atoms with Crippen molar-refractivity contribution in [3.63, 3.8) is 0 Å². The molecular formula is C20H16F3N3O4. The molecule has 1 aromatic heterocycles. The number of rotatable bonds is 6. The van der Waals surface area contributed by atoms with E-state index in [0.29, 0.717) is 5.56 Å². The van der Waals surface area contributed by atoms with Gasteiger partial charge in [-0.15, -0.1) is 0 Å². The van der Waals surface area contributed by atoms with Gasteiger partial charge in [-0.05, 0) is 30.3 Å². The lowest BCUT2D eigenvalue weighted by atomic mass is 10.1. The van der Waals surface area contributed by atoms with E-state index in [2.05, 4.69) is 15.3 Å². The van der Waals surface area contributed by atoms with Crippen molar-refractivity contribution in [3.05, 3.63) is 75.8 Å². The van der Waals surface area contributed by atoms with Crippen LogP contribution in [0.3, 0.4) is 0 Å². The van der Waals surface area contributed by atoms with Crippen LogP contribution in [0.15, 0.2) is 53.3 Å². The number of amides is 1. The van der Waals surface area contributed by atoms with E-state index in [0.717, 1.165) is 18.2 Å². The molecule has 0 saturated heterocycles. The minimum Gasteiger partial charge on any atom is -0.457 e. The van der Waals surface area contributed by atoms with Crippen LogP contribution >= 0.6 is 0 Å². The van der Waals surface area contributed by atoms with E-state index >= 15 is 0 Å². The van der Waals surface area contributed by atoms with Crippen LogP contribution < -0.4 is 10.9 Å². The van der Waals surface area contributed by atoms with Gasteiger partial charge >= 0.3 is 12.1 Å². The molecule has 1 amide bonds. The normalized spacial score (nSPS) is 11.3. The zero-order valence-corrected chi connectivity index (χ0v) is 15.5. The second kappa shape index (κ2) is 8.76. The van der Waals surface area contributed by atoms with Crippen molar-refractivity contribution in [2.75, 3.05) is 6.54 Å². The molecule has 0 aliphatic rings. The molecule has 1 heterocycles. The van der Waals surface area contributed by atoms with Crippen molar-refractivity contribution < 1.29 is 27.5 Å². The van der Waals surface area contributed by atoms with Crippen LogP contribution in [0, 0.1) is 0 Å². The Morgan fingerprint density at radius 2 is 1.83 bits per heavy atom. The largest absolute Gasteiger partial charge is 0.457 e. The van der Waals surface area contributed by atoms with E-state index in [1.54, 1.807) is 30.3 Å². The number of esters is 1. The molecule has 0 bridgehead atoms. The third-order valence-corrected chi connectivity index (χ3v) is 4.10.